The molecule has 2 aromatic rings. The predicted molar refractivity (Wildman–Crippen MR) is 81.5 cm³/mol. The maximum Gasteiger partial charge on any atom is 0.269 e. The van der Waals surface area contributed by atoms with Crippen LogP contribution in [0.15, 0.2) is 36.5 Å². The summed E-state index contributed by atoms with van der Waals surface area (Å²) in [7, 11) is 0. The highest BCUT2D eigenvalue weighted by Gasteiger charge is 2.12. The lowest BCUT2D eigenvalue weighted by atomic mass is 10.2. The van der Waals surface area contributed by atoms with Gasteiger partial charge in [-0.3, -0.25) is 4.79 Å². The zero-order chi connectivity index (χ0) is 15.2. The molecule has 21 heavy (non-hydrogen) atoms. The van der Waals surface area contributed by atoms with E-state index in [4.69, 9.17) is 16.3 Å². The number of amides is 1. The first-order valence-corrected chi connectivity index (χ1v) is 7.13. The Hall–Kier alpha value is -2.01. The maximum absolute atomic E-state index is 12.1. The Bertz CT molecular complexity index is 610. The van der Waals surface area contributed by atoms with Crippen LogP contribution in [0.25, 0.3) is 0 Å². The van der Waals surface area contributed by atoms with Crippen molar-refractivity contribution in [3.8, 4) is 5.75 Å². The highest BCUT2D eigenvalue weighted by atomic mass is 35.5. The average molecular weight is 308 g/mol. The molecule has 1 N–H and O–H groups in total. The molecule has 0 bridgehead atoms. The van der Waals surface area contributed by atoms with Gasteiger partial charge in [0.15, 0.2) is 6.73 Å². The predicted octanol–water partition coefficient (Wildman–Crippen LogP) is 2.96. The topological polar surface area (TPSA) is 56.2 Å². The van der Waals surface area contributed by atoms with Crippen molar-refractivity contribution in [3.05, 3.63) is 47.2 Å². The number of para-hydroxylation sites is 1. The van der Waals surface area contributed by atoms with Crippen molar-refractivity contribution in [1.29, 1.82) is 0 Å². The lowest BCUT2D eigenvalue weighted by Gasteiger charge is -2.11. The van der Waals surface area contributed by atoms with Gasteiger partial charge < -0.3 is 10.1 Å². The summed E-state index contributed by atoms with van der Waals surface area (Å²) >= 11 is 6.02. The largest absolute Gasteiger partial charge is 0.470 e. The molecule has 5 nitrogen and oxygen atoms in total. The SMILES string of the molecule is CC(C)CNC(=O)c1ccnn1COc1ccccc1Cl. The molecule has 0 fully saturated rings. The van der Waals surface area contributed by atoms with Crippen molar-refractivity contribution in [2.24, 2.45) is 5.92 Å². The normalized spacial score (nSPS) is 10.7. The molecule has 1 aromatic carbocycles. The molecule has 0 radical (unpaired) electrons. The first-order valence-electron chi connectivity index (χ1n) is 6.75. The van der Waals surface area contributed by atoms with E-state index in [-0.39, 0.29) is 12.6 Å². The zero-order valence-corrected chi connectivity index (χ0v) is 12.8. The number of benzene rings is 1. The number of nitrogens with one attached hydrogen (secondary N) is 1. The van der Waals surface area contributed by atoms with Gasteiger partial charge in [0, 0.05) is 12.7 Å². The fourth-order valence-electron chi connectivity index (χ4n) is 1.71. The number of ether oxygens (including phenoxy) is 1. The molecule has 0 atom stereocenters. The second kappa shape index (κ2) is 7.13. The summed E-state index contributed by atoms with van der Waals surface area (Å²) in [4.78, 5) is 12.1. The van der Waals surface area contributed by atoms with E-state index in [0.717, 1.165) is 0 Å². The second-order valence-electron chi connectivity index (χ2n) is 5.02. The van der Waals surface area contributed by atoms with Crippen LogP contribution in [-0.4, -0.2) is 22.2 Å². The molecule has 2 rings (SSSR count). The van der Waals surface area contributed by atoms with Gasteiger partial charge in [-0.25, -0.2) is 4.68 Å². The maximum atomic E-state index is 12.1. The van der Waals surface area contributed by atoms with Crippen molar-refractivity contribution in [1.82, 2.24) is 15.1 Å². The average Bonchev–Trinajstić information content (AvgIpc) is 2.92. The zero-order valence-electron chi connectivity index (χ0n) is 12.0. The van der Waals surface area contributed by atoms with Gasteiger partial charge in [-0.2, -0.15) is 5.10 Å². The molecule has 0 spiro atoms. The van der Waals surface area contributed by atoms with E-state index in [1.807, 2.05) is 26.0 Å². The molecule has 1 aromatic heterocycles. The molecule has 0 saturated heterocycles. The molecule has 0 aliphatic rings. The fraction of sp³-hybridized carbons (Fsp3) is 0.333. The molecule has 6 heteroatoms. The van der Waals surface area contributed by atoms with Crippen LogP contribution in [0.4, 0.5) is 0 Å². The standard InChI is InChI=1S/C15H18ClN3O2/c1-11(2)9-17-15(20)13-7-8-18-19(13)10-21-14-6-4-3-5-12(14)16/h3-8,11H,9-10H2,1-2H3,(H,17,20). The van der Waals surface area contributed by atoms with Crippen LogP contribution in [-0.2, 0) is 6.73 Å². The number of hydrogen-bond donors (Lipinski definition) is 1. The van der Waals surface area contributed by atoms with E-state index >= 15 is 0 Å². The second-order valence-corrected chi connectivity index (χ2v) is 5.43. The van der Waals surface area contributed by atoms with Gasteiger partial charge >= 0.3 is 0 Å². The number of carbonyl (C=O) groups excluding carboxylic acids is 1. The number of rotatable bonds is 6. The smallest absolute Gasteiger partial charge is 0.269 e. The van der Waals surface area contributed by atoms with Crippen molar-refractivity contribution in [2.45, 2.75) is 20.6 Å². The van der Waals surface area contributed by atoms with E-state index < -0.39 is 0 Å². The Morgan fingerprint density at radius 1 is 1.38 bits per heavy atom. The van der Waals surface area contributed by atoms with Gasteiger partial charge in [0.2, 0.25) is 0 Å². The summed E-state index contributed by atoms with van der Waals surface area (Å²) in [5.74, 6) is 0.789. The molecule has 0 aliphatic carbocycles. The monoisotopic (exact) mass is 307 g/mol. The summed E-state index contributed by atoms with van der Waals surface area (Å²) in [6, 6.07) is 8.83. The molecule has 0 unspecified atom stereocenters. The van der Waals surface area contributed by atoms with Crippen LogP contribution in [0.1, 0.15) is 24.3 Å². The summed E-state index contributed by atoms with van der Waals surface area (Å²) in [5, 5.41) is 7.47. The van der Waals surface area contributed by atoms with Crippen molar-refractivity contribution < 1.29 is 9.53 Å². The van der Waals surface area contributed by atoms with Gasteiger partial charge in [-0.1, -0.05) is 37.6 Å². The Morgan fingerprint density at radius 2 is 2.14 bits per heavy atom. The lowest BCUT2D eigenvalue weighted by molar-refractivity contribution is 0.0927. The van der Waals surface area contributed by atoms with Crippen LogP contribution in [0.5, 0.6) is 5.75 Å². The summed E-state index contributed by atoms with van der Waals surface area (Å²) < 4.78 is 7.09. The van der Waals surface area contributed by atoms with Crippen LogP contribution in [0.3, 0.4) is 0 Å². The minimum Gasteiger partial charge on any atom is -0.470 e. The highest BCUT2D eigenvalue weighted by molar-refractivity contribution is 6.32. The van der Waals surface area contributed by atoms with Crippen molar-refractivity contribution in [2.75, 3.05) is 6.54 Å². The van der Waals surface area contributed by atoms with Crippen LogP contribution < -0.4 is 10.1 Å². The van der Waals surface area contributed by atoms with Gasteiger partial charge in [0.25, 0.3) is 5.91 Å². The lowest BCUT2D eigenvalue weighted by Crippen LogP contribution is -2.30. The first-order chi connectivity index (χ1) is 10.1. The number of carbonyl (C=O) groups is 1. The van der Waals surface area contributed by atoms with Crippen molar-refractivity contribution >= 4 is 17.5 Å². The van der Waals surface area contributed by atoms with Gasteiger partial charge in [-0.15, -0.1) is 0 Å². The minimum absolute atomic E-state index is 0.126. The Balaban J connectivity index is 2.00. The van der Waals surface area contributed by atoms with Crippen LogP contribution >= 0.6 is 11.6 Å². The molecular formula is C15H18ClN3O2. The van der Waals surface area contributed by atoms with E-state index in [0.29, 0.717) is 28.9 Å². The third-order valence-corrected chi connectivity index (χ3v) is 3.11. The van der Waals surface area contributed by atoms with E-state index in [1.54, 1.807) is 24.4 Å². The molecule has 0 saturated carbocycles. The molecule has 1 heterocycles. The molecular weight excluding hydrogens is 290 g/mol. The third kappa shape index (κ3) is 4.23. The summed E-state index contributed by atoms with van der Waals surface area (Å²) in [5.41, 5.74) is 0.461. The number of halogens is 1. The molecule has 112 valence electrons. The summed E-state index contributed by atoms with van der Waals surface area (Å²) in [6.45, 7) is 4.83. The Morgan fingerprint density at radius 3 is 2.86 bits per heavy atom. The Kier molecular flexibility index (Phi) is 5.22. The van der Waals surface area contributed by atoms with Crippen molar-refractivity contribution in [3.63, 3.8) is 0 Å². The van der Waals surface area contributed by atoms with E-state index in [2.05, 4.69) is 10.4 Å². The van der Waals surface area contributed by atoms with Crippen LogP contribution in [0.2, 0.25) is 5.02 Å². The molecule has 0 aliphatic heterocycles. The summed E-state index contributed by atoms with van der Waals surface area (Å²) in [6.07, 6.45) is 1.57. The molecule has 1 amide bonds. The number of aromatic nitrogens is 2. The highest BCUT2D eigenvalue weighted by Crippen LogP contribution is 2.23. The number of nitrogens with zero attached hydrogens (tertiary/aromatic N) is 2. The van der Waals surface area contributed by atoms with Gasteiger partial charge in [0.05, 0.1) is 5.02 Å². The van der Waals surface area contributed by atoms with E-state index in [1.165, 1.54) is 4.68 Å². The first kappa shape index (κ1) is 15.4. The van der Waals surface area contributed by atoms with Gasteiger partial charge in [0.1, 0.15) is 11.4 Å². The quantitative estimate of drug-likeness (QED) is 0.892. The minimum atomic E-state index is -0.163. The van der Waals surface area contributed by atoms with E-state index in [9.17, 15) is 4.79 Å². The fourth-order valence-corrected chi connectivity index (χ4v) is 1.90. The number of hydrogen-bond acceptors (Lipinski definition) is 3. The Labute approximate surface area is 128 Å². The van der Waals surface area contributed by atoms with Crippen LogP contribution in [0, 0.1) is 5.92 Å². The third-order valence-electron chi connectivity index (χ3n) is 2.80. The van der Waals surface area contributed by atoms with Gasteiger partial charge in [-0.05, 0) is 24.1 Å².